The fourth-order valence-corrected chi connectivity index (χ4v) is 10.8. The number of carbonyl (C=O) groups excluding carboxylic acids is 11. The summed E-state index contributed by atoms with van der Waals surface area (Å²) in [6, 6.07) is 25.6. The summed E-state index contributed by atoms with van der Waals surface area (Å²) in [5.41, 5.74) is 34.4. The molecule has 12 atom stereocenters. The normalized spacial score (nSPS) is 20.9. The molecule has 6 rings (SSSR count). The van der Waals surface area contributed by atoms with Gasteiger partial charge in [0.1, 0.15) is 60.4 Å². The van der Waals surface area contributed by atoms with Gasteiger partial charge in [-0.15, -0.1) is 0 Å². The van der Waals surface area contributed by atoms with Crippen LogP contribution in [0.4, 0.5) is 0 Å². The summed E-state index contributed by atoms with van der Waals surface area (Å²) in [7, 11) is 0. The van der Waals surface area contributed by atoms with E-state index in [1.54, 1.807) is 60.7 Å². The summed E-state index contributed by atoms with van der Waals surface area (Å²) in [5.74, 6) is -10.3. The Morgan fingerprint density at radius 1 is 0.449 bits per heavy atom. The lowest BCUT2D eigenvalue weighted by Gasteiger charge is -2.28. The third-order valence-electron chi connectivity index (χ3n) is 16.2. The van der Waals surface area contributed by atoms with Gasteiger partial charge in [0.15, 0.2) is 0 Å². The van der Waals surface area contributed by atoms with Crippen LogP contribution in [0.2, 0.25) is 0 Å². The molecule has 0 spiro atoms. The van der Waals surface area contributed by atoms with E-state index in [0.29, 0.717) is 11.1 Å². The van der Waals surface area contributed by atoms with E-state index in [9.17, 15) is 63.0 Å². The average Bonchev–Trinajstić information content (AvgIpc) is 0.896. The second kappa shape index (κ2) is 39.3. The van der Waals surface area contributed by atoms with E-state index in [0.717, 1.165) is 22.3 Å². The van der Waals surface area contributed by atoms with E-state index in [1.165, 1.54) is 13.8 Å². The van der Waals surface area contributed by atoms with E-state index in [2.05, 4.69) is 58.5 Å². The van der Waals surface area contributed by atoms with Gasteiger partial charge in [0, 0.05) is 24.9 Å². The van der Waals surface area contributed by atoms with Crippen molar-refractivity contribution in [2.75, 3.05) is 39.3 Å². The van der Waals surface area contributed by atoms with Crippen molar-refractivity contribution in [1.82, 2.24) is 58.5 Å². The van der Waals surface area contributed by atoms with Crippen molar-refractivity contribution in [3.05, 3.63) is 156 Å². The standard InChI is InChI=1S/C69H92N16O13/c1-40(86)57-68(97)75-36-30-54(80-61(90)51(27-33-72)81-69(98)58(41(2)87)85-64(93)52(28-34-73)76-59(88)48-20-12-19-47(39-48)45-17-10-5-11-18-45)63(92)77-50(26-32-71)62(91)82-56(38-43-21-23-46(24-22-43)44-15-8-4-9-16-44)67(96)83-55(37-42-13-6-3-7-14-42)66(95)79-49(25-31-70)60(89)78-53(29-35-74)65(94)84-57/h3-24,39-41,49-58,86-87H,25-38,70-74H2,1-2H3,(H,75,97)(H,76,88)(H,77,92)(H,78,89)(H,79,95)(H,80,90)(H,81,98)(H,82,91)(H,83,96)(H,84,94)(H,85,93)/t40-,41-,49+,50+,51+,52+,53+,54+,55+,56-,57+,58+/m1/s1. The molecule has 5 aromatic rings. The van der Waals surface area contributed by atoms with Gasteiger partial charge in [0.2, 0.25) is 59.1 Å². The molecule has 1 aliphatic rings. The smallest absolute Gasteiger partial charge is 0.251 e. The van der Waals surface area contributed by atoms with Gasteiger partial charge in [-0.05, 0) is 131 Å². The van der Waals surface area contributed by atoms with Crippen LogP contribution in [0.1, 0.15) is 73.9 Å². The van der Waals surface area contributed by atoms with Crippen molar-refractivity contribution in [2.45, 2.75) is 138 Å². The first-order chi connectivity index (χ1) is 47.1. The predicted octanol–water partition coefficient (Wildman–Crippen LogP) is -3.01. The van der Waals surface area contributed by atoms with Gasteiger partial charge >= 0.3 is 0 Å². The maximum Gasteiger partial charge on any atom is 0.251 e. The summed E-state index contributed by atoms with van der Waals surface area (Å²) in [6.45, 7) is 1.00. The number of rotatable bonds is 26. The number of hydrogen-bond acceptors (Lipinski definition) is 18. The van der Waals surface area contributed by atoms with Crippen LogP contribution in [0, 0.1) is 0 Å². The van der Waals surface area contributed by atoms with Gasteiger partial charge in [-0.3, -0.25) is 52.7 Å². The molecule has 1 aliphatic heterocycles. The molecule has 0 radical (unpaired) electrons. The number of nitrogens with two attached hydrogens (primary N) is 5. The fraction of sp³-hybridized carbons (Fsp3) is 0.406. The van der Waals surface area contributed by atoms with Crippen LogP contribution in [0.5, 0.6) is 0 Å². The zero-order chi connectivity index (χ0) is 71.3. The zero-order valence-electron chi connectivity index (χ0n) is 54.9. The average molecular weight is 1350 g/mol. The van der Waals surface area contributed by atoms with Crippen molar-refractivity contribution in [3.63, 3.8) is 0 Å². The third-order valence-corrected chi connectivity index (χ3v) is 16.2. The topological polar surface area (TPSA) is 491 Å². The molecule has 0 unspecified atom stereocenters. The lowest BCUT2D eigenvalue weighted by Crippen LogP contribution is -2.62. The Bertz CT molecular complexity index is 3480. The highest BCUT2D eigenvalue weighted by molar-refractivity contribution is 6.01. The first-order valence-electron chi connectivity index (χ1n) is 32.6. The summed E-state index contributed by atoms with van der Waals surface area (Å²) >= 11 is 0. The molecule has 1 heterocycles. The minimum Gasteiger partial charge on any atom is -0.391 e. The van der Waals surface area contributed by atoms with Crippen molar-refractivity contribution in [3.8, 4) is 22.3 Å². The van der Waals surface area contributed by atoms with E-state index >= 15 is 0 Å². The molecule has 0 bridgehead atoms. The minimum atomic E-state index is -1.77. The molecule has 29 heteroatoms. The largest absolute Gasteiger partial charge is 0.391 e. The zero-order valence-corrected chi connectivity index (χ0v) is 54.9. The number of hydrogen-bond donors (Lipinski definition) is 18. The maximum atomic E-state index is 15.0. The van der Waals surface area contributed by atoms with E-state index in [-0.39, 0.29) is 83.2 Å². The predicted molar refractivity (Wildman–Crippen MR) is 366 cm³/mol. The number of benzene rings is 5. The molecule has 98 heavy (non-hydrogen) atoms. The van der Waals surface area contributed by atoms with Gasteiger partial charge in [-0.1, -0.05) is 127 Å². The van der Waals surface area contributed by atoms with Crippen LogP contribution in [0.3, 0.4) is 0 Å². The highest BCUT2D eigenvalue weighted by Gasteiger charge is 2.38. The van der Waals surface area contributed by atoms with Crippen LogP contribution in [0.15, 0.2) is 140 Å². The molecule has 1 fully saturated rings. The molecule has 526 valence electrons. The molecular formula is C69H92N16O13. The lowest BCUT2D eigenvalue weighted by atomic mass is 9.99. The Balaban J connectivity index is 1.32. The van der Waals surface area contributed by atoms with Crippen molar-refractivity contribution < 1.29 is 63.0 Å². The second-order valence-corrected chi connectivity index (χ2v) is 23.8. The SMILES string of the molecule is C[C@@H](O)[C@@H]1NC(=O)[C@H](CCN)NC(=O)[C@H](CCN)NC(=O)[C@H](Cc2ccccc2)NC(=O)[C@@H](Cc2ccc(-c3ccccc3)cc2)NC(=O)[C@H](CCN)NC(=O)[C@@H](NC(=O)[C@H](CCN)NC(=O)[C@@H](NC(=O)[C@H](CCN)NC(=O)c2cccc(-c3ccccc3)c2)[C@@H](C)O)CCNC1=O. The van der Waals surface area contributed by atoms with Crippen LogP contribution in [0.25, 0.3) is 22.3 Å². The number of nitrogens with one attached hydrogen (secondary N) is 11. The molecule has 29 nitrogen and oxygen atoms in total. The lowest BCUT2D eigenvalue weighted by molar-refractivity contribution is -0.136. The van der Waals surface area contributed by atoms with E-state index in [4.69, 9.17) is 28.7 Å². The highest BCUT2D eigenvalue weighted by atomic mass is 16.3. The molecule has 1 saturated heterocycles. The Labute approximate surface area is 568 Å². The quantitative estimate of drug-likeness (QED) is 0.0262. The maximum absolute atomic E-state index is 15.0. The molecule has 0 saturated carbocycles. The molecule has 0 aliphatic carbocycles. The van der Waals surface area contributed by atoms with Crippen LogP contribution >= 0.6 is 0 Å². The van der Waals surface area contributed by atoms with Crippen molar-refractivity contribution in [1.29, 1.82) is 0 Å². The van der Waals surface area contributed by atoms with Crippen LogP contribution < -0.4 is 87.2 Å². The van der Waals surface area contributed by atoms with Gasteiger partial charge in [0.25, 0.3) is 5.91 Å². The fourth-order valence-electron chi connectivity index (χ4n) is 10.8. The number of aliphatic hydroxyl groups is 2. The minimum absolute atomic E-state index is 0.0900. The third kappa shape index (κ3) is 23.4. The van der Waals surface area contributed by atoms with Gasteiger partial charge in [-0.2, -0.15) is 0 Å². The number of amides is 11. The van der Waals surface area contributed by atoms with Crippen LogP contribution in [-0.2, 0) is 60.8 Å². The summed E-state index contributed by atoms with van der Waals surface area (Å²) in [6.07, 6.45) is -5.09. The van der Waals surface area contributed by atoms with Gasteiger partial charge in [0.05, 0.1) is 12.2 Å². The Morgan fingerprint density at radius 2 is 0.878 bits per heavy atom. The molecular weight excluding hydrogens is 1260 g/mol. The molecule has 11 amide bonds. The second-order valence-electron chi connectivity index (χ2n) is 23.8. The summed E-state index contributed by atoms with van der Waals surface area (Å²) in [5, 5.41) is 50.3. The van der Waals surface area contributed by atoms with Gasteiger partial charge in [-0.25, -0.2) is 0 Å². The Kier molecular flexibility index (Phi) is 30.9. The number of aliphatic hydroxyl groups excluding tert-OH is 2. The Hall–Kier alpha value is -10.0. The monoisotopic (exact) mass is 1350 g/mol. The van der Waals surface area contributed by atoms with Gasteiger partial charge < -0.3 is 97.4 Å². The van der Waals surface area contributed by atoms with E-state index in [1.807, 2.05) is 78.9 Å². The summed E-state index contributed by atoms with van der Waals surface area (Å²) in [4.78, 5) is 158. The Morgan fingerprint density at radius 3 is 1.37 bits per heavy atom. The number of carbonyl (C=O) groups is 11. The van der Waals surface area contributed by atoms with Crippen LogP contribution in [-0.4, -0.2) is 187 Å². The van der Waals surface area contributed by atoms with E-state index < -0.39 is 151 Å². The van der Waals surface area contributed by atoms with Crippen molar-refractivity contribution in [2.24, 2.45) is 28.7 Å². The first kappa shape index (κ1) is 77.0. The summed E-state index contributed by atoms with van der Waals surface area (Å²) < 4.78 is 0. The molecule has 0 aromatic heterocycles. The first-order valence-corrected chi connectivity index (χ1v) is 32.6. The molecule has 23 N–H and O–H groups in total. The molecule has 5 aromatic carbocycles. The van der Waals surface area contributed by atoms with Crippen molar-refractivity contribution >= 4 is 65.0 Å². The highest BCUT2D eigenvalue weighted by Crippen LogP contribution is 2.22.